The number of hydrogen-bond donors (Lipinski definition) is 3. The number of H-pyrrole nitrogens is 1. The number of nitrogens with one attached hydrogen (secondary N) is 2. The zero-order valence-corrected chi connectivity index (χ0v) is 16.8. The summed E-state index contributed by atoms with van der Waals surface area (Å²) in [5.41, 5.74) is 2.83. The van der Waals surface area contributed by atoms with Crippen molar-refractivity contribution in [2.75, 3.05) is 11.9 Å². The number of phenols is 1. The monoisotopic (exact) mass is 408 g/mol. The van der Waals surface area contributed by atoms with Crippen LogP contribution in [-0.4, -0.2) is 56.6 Å². The van der Waals surface area contributed by atoms with Crippen molar-refractivity contribution in [3.63, 3.8) is 0 Å². The molecule has 0 aliphatic carbocycles. The van der Waals surface area contributed by atoms with Gasteiger partial charge in [-0.05, 0) is 37.5 Å². The summed E-state index contributed by atoms with van der Waals surface area (Å²) in [6.07, 6.45) is 7.88. The van der Waals surface area contributed by atoms with Gasteiger partial charge in [0.05, 0.1) is 29.8 Å². The lowest BCUT2D eigenvalue weighted by Gasteiger charge is -2.46. The summed E-state index contributed by atoms with van der Waals surface area (Å²) in [5, 5.41) is 20.7. The number of rotatable bonds is 4. The number of halogens is 1. The van der Waals surface area contributed by atoms with Gasteiger partial charge in [0, 0.05) is 36.5 Å². The van der Waals surface area contributed by atoms with Gasteiger partial charge in [-0.25, -0.2) is 9.37 Å². The van der Waals surface area contributed by atoms with Gasteiger partial charge < -0.3 is 15.3 Å². The fraction of sp³-hybridized carbons (Fsp3) is 0.409. The first-order valence-corrected chi connectivity index (χ1v) is 10.4. The van der Waals surface area contributed by atoms with Crippen molar-refractivity contribution >= 4 is 5.82 Å². The van der Waals surface area contributed by atoms with Crippen LogP contribution in [0.3, 0.4) is 0 Å². The Labute approximate surface area is 174 Å². The average molecular weight is 408 g/mol. The van der Waals surface area contributed by atoms with E-state index in [1.54, 1.807) is 24.7 Å². The van der Waals surface area contributed by atoms with E-state index in [1.807, 2.05) is 30.1 Å². The van der Waals surface area contributed by atoms with Gasteiger partial charge in [-0.2, -0.15) is 5.10 Å². The molecule has 0 spiro atoms. The van der Waals surface area contributed by atoms with Gasteiger partial charge in [0.2, 0.25) is 0 Å². The van der Waals surface area contributed by atoms with Crippen molar-refractivity contribution in [1.82, 2.24) is 25.5 Å². The molecule has 2 fully saturated rings. The Morgan fingerprint density at radius 1 is 1.17 bits per heavy atom. The van der Waals surface area contributed by atoms with E-state index in [9.17, 15) is 5.11 Å². The maximum absolute atomic E-state index is 15.0. The molecule has 0 radical (unpaired) electrons. The number of piperidine rings is 2. The highest BCUT2D eigenvalue weighted by molar-refractivity contribution is 5.72. The predicted molar refractivity (Wildman–Crippen MR) is 113 cm³/mol. The molecule has 30 heavy (non-hydrogen) atoms. The fourth-order valence-electron chi connectivity index (χ4n) is 4.70. The highest BCUT2D eigenvalue weighted by Gasteiger charge is 2.41. The summed E-state index contributed by atoms with van der Waals surface area (Å²) in [6, 6.07) is 7.32. The largest absolute Gasteiger partial charge is 0.507 e. The highest BCUT2D eigenvalue weighted by Crippen LogP contribution is 2.34. The molecule has 2 aromatic heterocycles. The van der Waals surface area contributed by atoms with Gasteiger partial charge >= 0.3 is 0 Å². The first-order valence-electron chi connectivity index (χ1n) is 10.4. The summed E-state index contributed by atoms with van der Waals surface area (Å²) >= 11 is 0. The van der Waals surface area contributed by atoms with E-state index in [2.05, 4.69) is 25.5 Å². The van der Waals surface area contributed by atoms with Crippen molar-refractivity contribution in [3.8, 4) is 28.3 Å². The van der Waals surface area contributed by atoms with Gasteiger partial charge in [-0.3, -0.25) is 10.1 Å². The topological polar surface area (TPSA) is 90.0 Å². The SMILES string of the molecule is CN(c1cnc(-c2ccc(-c3ccn[nH]3)cc2O)cn1)[C@@H]1CC2CCCC(N2)[C@@H]1F. The normalized spacial score (nSPS) is 25.8. The number of hydrogen-bond acceptors (Lipinski definition) is 6. The van der Waals surface area contributed by atoms with Crippen LogP contribution in [0.25, 0.3) is 22.5 Å². The summed E-state index contributed by atoms with van der Waals surface area (Å²) in [4.78, 5) is 10.9. The number of aromatic amines is 1. The van der Waals surface area contributed by atoms with Crippen LogP contribution in [0.5, 0.6) is 5.75 Å². The molecule has 0 saturated carbocycles. The molecule has 4 atom stereocenters. The van der Waals surface area contributed by atoms with Crippen LogP contribution in [0.2, 0.25) is 0 Å². The van der Waals surface area contributed by atoms with Crippen LogP contribution in [0.4, 0.5) is 10.2 Å². The summed E-state index contributed by atoms with van der Waals surface area (Å²) in [5.74, 6) is 0.757. The van der Waals surface area contributed by atoms with E-state index in [1.165, 1.54) is 0 Å². The molecule has 1 aromatic carbocycles. The first-order chi connectivity index (χ1) is 14.6. The molecular formula is C22H25FN6O. The quantitative estimate of drug-likeness (QED) is 0.614. The van der Waals surface area contributed by atoms with E-state index < -0.39 is 6.17 Å². The Bertz CT molecular complexity index is 1010. The minimum Gasteiger partial charge on any atom is -0.507 e. The maximum atomic E-state index is 15.0. The predicted octanol–water partition coefficient (Wildman–Crippen LogP) is 3.30. The van der Waals surface area contributed by atoms with E-state index in [0.717, 1.165) is 36.9 Å². The third kappa shape index (κ3) is 3.41. The second-order valence-electron chi connectivity index (χ2n) is 8.22. The van der Waals surface area contributed by atoms with Gasteiger partial charge in [0.1, 0.15) is 17.7 Å². The molecule has 156 valence electrons. The second kappa shape index (κ2) is 7.68. The molecule has 2 unspecified atom stereocenters. The van der Waals surface area contributed by atoms with Crippen LogP contribution < -0.4 is 10.2 Å². The Morgan fingerprint density at radius 2 is 2.07 bits per heavy atom. The molecule has 8 heteroatoms. The van der Waals surface area contributed by atoms with Crippen LogP contribution in [0.15, 0.2) is 42.9 Å². The zero-order valence-electron chi connectivity index (χ0n) is 16.8. The molecule has 4 heterocycles. The van der Waals surface area contributed by atoms with E-state index in [4.69, 9.17) is 0 Å². The zero-order chi connectivity index (χ0) is 20.7. The van der Waals surface area contributed by atoms with Crippen LogP contribution in [-0.2, 0) is 0 Å². The molecule has 2 bridgehead atoms. The standard InChI is InChI=1S/C22H25FN6O/c1-29(19-10-14-3-2-4-17(27-14)22(19)23)21-12-24-18(11-25-21)15-6-5-13(9-20(15)30)16-7-8-26-28-16/h5-9,11-12,14,17,19,22,27,30H,2-4,10H2,1H3,(H,26,28)/t14?,17?,19-,22+/m1/s1. The minimum atomic E-state index is -0.924. The smallest absolute Gasteiger partial charge is 0.147 e. The van der Waals surface area contributed by atoms with Gasteiger partial charge in [0.25, 0.3) is 0 Å². The number of aromatic nitrogens is 4. The molecule has 2 aliphatic heterocycles. The van der Waals surface area contributed by atoms with Gasteiger partial charge in [0.15, 0.2) is 0 Å². The molecule has 3 N–H and O–H groups in total. The lowest BCUT2D eigenvalue weighted by atomic mass is 9.82. The molecule has 3 aromatic rings. The number of nitrogens with zero attached hydrogens (tertiary/aromatic N) is 4. The van der Waals surface area contributed by atoms with Crippen LogP contribution >= 0.6 is 0 Å². The number of alkyl halides is 1. The van der Waals surface area contributed by atoms with Gasteiger partial charge in [-0.1, -0.05) is 12.5 Å². The minimum absolute atomic E-state index is 0.0671. The number of fused-ring (bicyclic) bond motifs is 2. The fourth-order valence-corrected chi connectivity index (χ4v) is 4.70. The molecule has 7 nitrogen and oxygen atoms in total. The van der Waals surface area contributed by atoms with Gasteiger partial charge in [-0.15, -0.1) is 0 Å². The number of phenolic OH excluding ortho intramolecular Hbond substituents is 1. The first kappa shape index (κ1) is 19.0. The summed E-state index contributed by atoms with van der Waals surface area (Å²) in [7, 11) is 1.89. The maximum Gasteiger partial charge on any atom is 0.147 e. The molecular weight excluding hydrogens is 383 g/mol. The number of anilines is 1. The molecule has 5 rings (SSSR count). The number of benzene rings is 1. The third-order valence-corrected chi connectivity index (χ3v) is 6.38. The Morgan fingerprint density at radius 3 is 2.80 bits per heavy atom. The Hall–Kier alpha value is -3.00. The number of aromatic hydroxyl groups is 1. The second-order valence-corrected chi connectivity index (χ2v) is 8.22. The van der Waals surface area contributed by atoms with Crippen LogP contribution in [0, 0.1) is 0 Å². The molecule has 2 saturated heterocycles. The molecule has 2 aliphatic rings. The van der Waals surface area contributed by atoms with Crippen molar-refractivity contribution < 1.29 is 9.50 Å². The lowest BCUT2D eigenvalue weighted by Crippen LogP contribution is -2.61. The lowest BCUT2D eigenvalue weighted by molar-refractivity contribution is 0.107. The van der Waals surface area contributed by atoms with Crippen LogP contribution in [0.1, 0.15) is 25.7 Å². The van der Waals surface area contributed by atoms with E-state index >= 15 is 4.39 Å². The average Bonchev–Trinajstić information content (AvgIpc) is 3.31. The van der Waals surface area contributed by atoms with Crippen molar-refractivity contribution in [3.05, 3.63) is 42.9 Å². The summed E-state index contributed by atoms with van der Waals surface area (Å²) < 4.78 is 15.0. The van der Waals surface area contributed by atoms with Crippen molar-refractivity contribution in [2.24, 2.45) is 0 Å². The molecule has 0 amide bonds. The Kier molecular flexibility index (Phi) is 4.86. The van der Waals surface area contributed by atoms with E-state index in [-0.39, 0.29) is 17.8 Å². The Balaban J connectivity index is 1.35. The van der Waals surface area contributed by atoms with E-state index in [0.29, 0.717) is 23.1 Å². The highest BCUT2D eigenvalue weighted by atomic mass is 19.1. The summed E-state index contributed by atoms with van der Waals surface area (Å²) in [6.45, 7) is 0. The third-order valence-electron chi connectivity index (χ3n) is 6.38. The van der Waals surface area contributed by atoms with Crippen molar-refractivity contribution in [2.45, 2.75) is 50.0 Å². The van der Waals surface area contributed by atoms with Crippen molar-refractivity contribution in [1.29, 1.82) is 0 Å².